The van der Waals surface area contributed by atoms with E-state index >= 15 is 0 Å². The molecule has 2 saturated heterocycles. The Balaban J connectivity index is 1.38. The number of nitrogen functional groups attached to an aromatic ring is 1. The number of halogens is 3. The normalized spacial score (nSPS) is 22.0. The third-order valence-corrected chi connectivity index (χ3v) is 7.39. The second-order valence-electron chi connectivity index (χ2n) is 8.98. The van der Waals surface area contributed by atoms with Gasteiger partial charge in [-0.1, -0.05) is 0 Å². The molecule has 0 aromatic carbocycles. The Morgan fingerprint density at radius 1 is 1.23 bits per heavy atom. The molecule has 5 rings (SSSR count). The van der Waals surface area contributed by atoms with Crippen LogP contribution >= 0.6 is 11.5 Å². The number of anilines is 3. The van der Waals surface area contributed by atoms with Gasteiger partial charge in [-0.3, -0.25) is 9.78 Å². The van der Waals surface area contributed by atoms with Crippen LogP contribution in [-0.4, -0.2) is 53.8 Å². The van der Waals surface area contributed by atoms with Crippen molar-refractivity contribution in [1.29, 1.82) is 0 Å². The summed E-state index contributed by atoms with van der Waals surface area (Å²) in [4.78, 5) is 19.1. The number of nitrogens with zero attached hydrogens (tertiary/aromatic N) is 3. The number of amides is 1. The molecule has 0 bridgehead atoms. The molecule has 2 aliphatic rings. The smallest absolute Gasteiger partial charge is 0.393 e. The lowest BCUT2D eigenvalue weighted by atomic mass is 9.93. The van der Waals surface area contributed by atoms with Crippen LogP contribution in [0.1, 0.15) is 41.1 Å². The molecule has 0 unspecified atom stereocenters. The molecule has 13 heteroatoms. The van der Waals surface area contributed by atoms with Crippen LogP contribution in [-0.2, 0) is 4.74 Å². The average molecular weight is 511 g/mol. The van der Waals surface area contributed by atoms with Crippen molar-refractivity contribution in [3.8, 4) is 0 Å². The lowest BCUT2D eigenvalue weighted by molar-refractivity contribution is -0.177. The van der Waals surface area contributed by atoms with Crippen molar-refractivity contribution in [2.24, 2.45) is 11.7 Å². The second kappa shape index (κ2) is 9.28. The van der Waals surface area contributed by atoms with Gasteiger partial charge in [-0.25, -0.2) is 0 Å². The number of alkyl halides is 3. The molecule has 3 aromatic rings. The van der Waals surface area contributed by atoms with Gasteiger partial charge in [0.15, 0.2) is 5.58 Å². The van der Waals surface area contributed by atoms with E-state index in [4.69, 9.17) is 20.6 Å². The number of aromatic nitrogens is 2. The number of pyridine rings is 1. The van der Waals surface area contributed by atoms with Gasteiger partial charge in [0.1, 0.15) is 16.1 Å². The highest BCUT2D eigenvalue weighted by molar-refractivity contribution is 7.11. The van der Waals surface area contributed by atoms with Crippen molar-refractivity contribution in [3.05, 3.63) is 29.6 Å². The number of ether oxygens (including phenoxy) is 1. The summed E-state index contributed by atoms with van der Waals surface area (Å²) in [5.74, 6) is -1.93. The van der Waals surface area contributed by atoms with Crippen molar-refractivity contribution in [1.82, 2.24) is 9.36 Å². The number of nitrogens with two attached hydrogens (primary N) is 2. The molecule has 0 spiro atoms. The lowest BCUT2D eigenvalue weighted by Gasteiger charge is -2.37. The summed E-state index contributed by atoms with van der Waals surface area (Å²) >= 11 is 0.993. The highest BCUT2D eigenvalue weighted by Crippen LogP contribution is 2.39. The predicted molar refractivity (Wildman–Crippen MR) is 126 cm³/mol. The van der Waals surface area contributed by atoms with Crippen LogP contribution in [0.2, 0.25) is 0 Å². The van der Waals surface area contributed by atoms with Crippen molar-refractivity contribution in [3.63, 3.8) is 0 Å². The summed E-state index contributed by atoms with van der Waals surface area (Å²) in [6.45, 7) is 1.33. The summed E-state index contributed by atoms with van der Waals surface area (Å²) in [6.07, 6.45) is 0.368. The number of rotatable bonds is 4. The summed E-state index contributed by atoms with van der Waals surface area (Å²) in [5, 5.41) is 3.12. The van der Waals surface area contributed by atoms with Gasteiger partial charge in [-0.15, -0.1) is 0 Å². The van der Waals surface area contributed by atoms with Crippen molar-refractivity contribution in [2.45, 2.75) is 37.4 Å². The first kappa shape index (κ1) is 23.8. The number of furan rings is 1. The van der Waals surface area contributed by atoms with Crippen LogP contribution in [0.25, 0.3) is 11.1 Å². The summed E-state index contributed by atoms with van der Waals surface area (Å²) < 4.78 is 55.2. The van der Waals surface area contributed by atoms with Crippen LogP contribution in [0.15, 0.2) is 22.9 Å². The van der Waals surface area contributed by atoms with Crippen LogP contribution < -0.4 is 21.7 Å². The molecule has 2 atom stereocenters. The Kier molecular flexibility index (Phi) is 6.32. The third-order valence-electron chi connectivity index (χ3n) is 6.53. The highest BCUT2D eigenvalue weighted by atomic mass is 32.1. The van der Waals surface area contributed by atoms with Gasteiger partial charge in [-0.2, -0.15) is 17.5 Å². The standard InChI is InChI=1S/C22H25F3N6O3S/c23-22(24,25)13-6-14(26)10-31(9-13)21-15(8-29-35-21)30-20(32)17-18-16(34-19(17)27)5-12(7-28-18)11-1-3-33-4-2-11/h5,7-8,11,13-14H,1-4,6,9-10,26-27H2,(H,30,32)/t13-,14-/m1/s1. The number of fused-ring (bicyclic) bond motifs is 1. The van der Waals surface area contributed by atoms with Gasteiger partial charge in [0.25, 0.3) is 5.91 Å². The van der Waals surface area contributed by atoms with Crippen LogP contribution in [0, 0.1) is 5.92 Å². The Bertz CT molecular complexity index is 1220. The molecule has 1 amide bonds. The zero-order valence-corrected chi connectivity index (χ0v) is 19.5. The molecular weight excluding hydrogens is 485 g/mol. The first-order chi connectivity index (χ1) is 16.7. The van der Waals surface area contributed by atoms with E-state index in [1.54, 1.807) is 6.20 Å². The SMILES string of the molecule is Nc1oc2cc(C3CCOCC3)cnc2c1C(=O)Nc1cnsc1N1C[C@H](N)C[C@@H](C(F)(F)F)C1. The third kappa shape index (κ3) is 4.80. The number of piperidine rings is 1. The molecule has 0 aliphatic carbocycles. The molecule has 0 saturated carbocycles. The molecule has 5 heterocycles. The second-order valence-corrected chi connectivity index (χ2v) is 9.76. The van der Waals surface area contributed by atoms with Gasteiger partial charge < -0.3 is 30.8 Å². The fourth-order valence-corrected chi connectivity index (χ4v) is 5.48. The van der Waals surface area contributed by atoms with Crippen molar-refractivity contribution < 1.29 is 27.1 Å². The zero-order valence-electron chi connectivity index (χ0n) is 18.7. The van der Waals surface area contributed by atoms with Crippen molar-refractivity contribution >= 4 is 45.1 Å². The topological polar surface area (TPSA) is 133 Å². The molecule has 9 nitrogen and oxygen atoms in total. The van der Waals surface area contributed by atoms with E-state index in [0.717, 1.165) is 29.9 Å². The maximum absolute atomic E-state index is 13.4. The van der Waals surface area contributed by atoms with Gasteiger partial charge in [0.05, 0.1) is 17.8 Å². The fraction of sp³-hybridized carbons (Fsp3) is 0.500. The average Bonchev–Trinajstić information content (AvgIpc) is 3.41. The molecule has 5 N–H and O–H groups in total. The highest BCUT2D eigenvalue weighted by Gasteiger charge is 2.44. The van der Waals surface area contributed by atoms with Crippen LogP contribution in [0.3, 0.4) is 0 Å². The number of carbonyl (C=O) groups excluding carboxylic acids is 1. The Labute approximate surface area is 202 Å². The van der Waals surface area contributed by atoms with E-state index in [1.807, 2.05) is 6.07 Å². The first-order valence-corrected chi connectivity index (χ1v) is 12.1. The lowest BCUT2D eigenvalue weighted by Crippen LogP contribution is -2.51. The number of carbonyl (C=O) groups is 1. The molecule has 2 aliphatic heterocycles. The maximum Gasteiger partial charge on any atom is 0.393 e. The predicted octanol–water partition coefficient (Wildman–Crippen LogP) is 3.73. The maximum atomic E-state index is 13.4. The number of hydrogen-bond donors (Lipinski definition) is 3. The van der Waals surface area contributed by atoms with Gasteiger partial charge in [-0.05, 0) is 48.3 Å². The van der Waals surface area contributed by atoms with E-state index in [1.165, 1.54) is 11.1 Å². The summed E-state index contributed by atoms with van der Waals surface area (Å²) in [5.41, 5.74) is 14.0. The van der Waals surface area contributed by atoms with E-state index in [-0.39, 0.29) is 36.6 Å². The Morgan fingerprint density at radius 3 is 2.74 bits per heavy atom. The fourth-order valence-electron chi connectivity index (χ4n) is 4.76. The number of hydrogen-bond acceptors (Lipinski definition) is 9. The molecule has 2 fully saturated rings. The van der Waals surface area contributed by atoms with E-state index in [2.05, 4.69) is 14.7 Å². The van der Waals surface area contributed by atoms with Gasteiger partial charge in [0.2, 0.25) is 5.88 Å². The van der Waals surface area contributed by atoms with E-state index in [0.29, 0.717) is 35.2 Å². The minimum absolute atomic E-state index is 0.0687. The summed E-state index contributed by atoms with van der Waals surface area (Å²) in [6, 6.07) is 1.19. The molecule has 35 heavy (non-hydrogen) atoms. The monoisotopic (exact) mass is 510 g/mol. The number of nitrogens with one attached hydrogen (secondary N) is 1. The van der Waals surface area contributed by atoms with Gasteiger partial charge >= 0.3 is 6.18 Å². The molecule has 3 aromatic heterocycles. The summed E-state index contributed by atoms with van der Waals surface area (Å²) in [7, 11) is 0. The van der Waals surface area contributed by atoms with Gasteiger partial charge in [0, 0.05) is 38.5 Å². The first-order valence-electron chi connectivity index (χ1n) is 11.3. The van der Waals surface area contributed by atoms with E-state index in [9.17, 15) is 18.0 Å². The quantitative estimate of drug-likeness (QED) is 0.484. The van der Waals surface area contributed by atoms with E-state index < -0.39 is 24.0 Å². The largest absolute Gasteiger partial charge is 0.438 e. The Morgan fingerprint density at radius 2 is 2.00 bits per heavy atom. The molecular formula is C22H25F3N6O3S. The van der Waals surface area contributed by atoms with Crippen molar-refractivity contribution in [2.75, 3.05) is 42.3 Å². The van der Waals surface area contributed by atoms with Crippen LogP contribution in [0.5, 0.6) is 0 Å². The minimum atomic E-state index is -4.36. The zero-order chi connectivity index (χ0) is 24.7. The Hall–Kier alpha value is -2.90. The molecule has 0 radical (unpaired) electrons. The molecule has 188 valence electrons. The minimum Gasteiger partial charge on any atom is -0.438 e. The van der Waals surface area contributed by atoms with Crippen LogP contribution in [0.4, 0.5) is 29.7 Å².